The highest BCUT2D eigenvalue weighted by molar-refractivity contribution is 5.53. The highest BCUT2D eigenvalue weighted by Crippen LogP contribution is 2.29. The summed E-state index contributed by atoms with van der Waals surface area (Å²) >= 11 is 0. The van der Waals surface area contributed by atoms with Crippen LogP contribution in [0.2, 0.25) is 0 Å². The molecule has 35 heavy (non-hydrogen) atoms. The Hall–Kier alpha value is -4.96. The zero-order valence-corrected chi connectivity index (χ0v) is 18.6. The van der Waals surface area contributed by atoms with E-state index < -0.39 is 33.6 Å². The summed E-state index contributed by atoms with van der Waals surface area (Å²) in [4.78, 5) is 33.0. The van der Waals surface area contributed by atoms with Crippen molar-refractivity contribution >= 4 is 5.69 Å². The molecular weight excluding hydrogens is 476 g/mol. The summed E-state index contributed by atoms with van der Waals surface area (Å²) in [5.41, 5.74) is -1.56. The molecule has 0 aliphatic heterocycles. The average molecular weight is 493 g/mol. The molecule has 15 nitrogen and oxygen atoms in total. The Labute approximate surface area is 193 Å². The fourth-order valence-electron chi connectivity index (χ4n) is 2.76. The van der Waals surface area contributed by atoms with Crippen LogP contribution in [-0.2, 0) is 14.1 Å². The molecular formula is C18H17F2N9O6. The van der Waals surface area contributed by atoms with Crippen LogP contribution in [0.15, 0.2) is 39.9 Å². The summed E-state index contributed by atoms with van der Waals surface area (Å²) in [5, 5.41) is 24.9. The van der Waals surface area contributed by atoms with Gasteiger partial charge in [0.15, 0.2) is 0 Å². The van der Waals surface area contributed by atoms with E-state index in [0.717, 1.165) is 30.9 Å². The normalized spacial score (nSPS) is 10.5. The molecule has 0 aliphatic rings. The number of hydrogen-bond acceptors (Lipinski definition) is 10. The maximum absolute atomic E-state index is 13.4. The quantitative estimate of drug-likeness (QED) is 0.275. The number of nitrogens with zero attached hydrogens (tertiary/aromatic N) is 9. The van der Waals surface area contributed by atoms with E-state index in [1.54, 1.807) is 0 Å². The smallest absolute Gasteiger partial charge is 0.368 e. The first-order chi connectivity index (χ1) is 16.6. The maximum Gasteiger partial charge on any atom is 0.368 e. The van der Waals surface area contributed by atoms with Crippen molar-refractivity contribution in [2.45, 2.75) is 0 Å². The molecule has 4 aromatic rings. The minimum atomic E-state index is -1.07. The average Bonchev–Trinajstić information content (AvgIpc) is 3.34. The Morgan fingerprint density at radius 1 is 0.829 bits per heavy atom. The number of ether oxygens (including phenoxy) is 2. The van der Waals surface area contributed by atoms with Gasteiger partial charge in [-0.25, -0.2) is 14.0 Å². The Morgan fingerprint density at radius 2 is 1.34 bits per heavy atom. The number of hydrogen-bond donors (Lipinski definition) is 0. The van der Waals surface area contributed by atoms with Crippen molar-refractivity contribution in [2.75, 3.05) is 14.2 Å². The topological polar surface area (TPSA) is 167 Å². The third-order valence-electron chi connectivity index (χ3n) is 4.49. The molecule has 184 valence electrons. The fourth-order valence-corrected chi connectivity index (χ4v) is 2.76. The molecule has 0 fully saturated rings. The van der Waals surface area contributed by atoms with Crippen LogP contribution in [-0.4, -0.2) is 58.7 Å². The van der Waals surface area contributed by atoms with Crippen LogP contribution in [0.25, 0.3) is 11.4 Å². The lowest BCUT2D eigenvalue weighted by Crippen LogP contribution is -2.22. The number of tetrazole rings is 2. The molecule has 0 bridgehead atoms. The van der Waals surface area contributed by atoms with Crippen molar-refractivity contribution in [1.82, 2.24) is 39.6 Å². The Bertz CT molecular complexity index is 1510. The molecule has 0 spiro atoms. The number of rotatable bonds is 5. The zero-order valence-electron chi connectivity index (χ0n) is 18.6. The van der Waals surface area contributed by atoms with Gasteiger partial charge in [0.25, 0.3) is 0 Å². The first kappa shape index (κ1) is 24.7. The van der Waals surface area contributed by atoms with E-state index in [1.807, 2.05) is 0 Å². The molecule has 17 heteroatoms. The minimum absolute atomic E-state index is 0.0614. The van der Waals surface area contributed by atoms with Gasteiger partial charge in [-0.15, -0.1) is 0 Å². The highest BCUT2D eigenvalue weighted by atomic mass is 19.1. The Morgan fingerprint density at radius 3 is 1.80 bits per heavy atom. The van der Waals surface area contributed by atoms with Crippen molar-refractivity contribution < 1.29 is 23.2 Å². The molecule has 0 saturated heterocycles. The zero-order chi connectivity index (χ0) is 25.9. The van der Waals surface area contributed by atoms with Gasteiger partial charge in [-0.2, -0.15) is 23.1 Å². The molecule has 4 rings (SSSR count). The second-order valence-corrected chi connectivity index (χ2v) is 6.64. The SMILES string of the molecule is COc1cc(F)c([N+](=O)[O-])cc1-n1nnn(C)c1=O.COc1cc(F)ccc1-n1nnn(C)c1=O. The van der Waals surface area contributed by atoms with Gasteiger partial charge in [-0.1, -0.05) is 0 Å². The van der Waals surface area contributed by atoms with E-state index in [2.05, 4.69) is 20.9 Å². The highest BCUT2D eigenvalue weighted by Gasteiger charge is 2.22. The molecule has 0 N–H and O–H groups in total. The predicted molar refractivity (Wildman–Crippen MR) is 113 cm³/mol. The summed E-state index contributed by atoms with van der Waals surface area (Å²) < 4.78 is 40.1. The van der Waals surface area contributed by atoms with E-state index >= 15 is 0 Å². The van der Waals surface area contributed by atoms with Crippen molar-refractivity contribution in [3.8, 4) is 22.9 Å². The number of benzene rings is 2. The number of nitro groups is 1. The van der Waals surface area contributed by atoms with E-state index in [4.69, 9.17) is 9.47 Å². The van der Waals surface area contributed by atoms with Crippen molar-refractivity contribution in [3.05, 3.63) is 73.0 Å². The number of halogens is 2. The van der Waals surface area contributed by atoms with Crippen LogP contribution in [0.3, 0.4) is 0 Å². The number of aryl methyl sites for hydroxylation is 2. The standard InChI is InChI=1S/C9H8FN5O4.C9H9FN4O2/c1-13-9(16)14(12-11-13)7-4-6(15(17)18)5(10)3-8(7)19-2;1-13-9(15)14(12-11-13)7-4-3-6(10)5-8(7)16-2/h3-4H,1-2H3;3-5H,1-2H3. The van der Waals surface area contributed by atoms with E-state index in [0.29, 0.717) is 5.69 Å². The Kier molecular flexibility index (Phi) is 6.98. The van der Waals surface area contributed by atoms with Gasteiger partial charge in [-0.05, 0) is 33.0 Å². The monoisotopic (exact) mass is 493 g/mol. The van der Waals surface area contributed by atoms with Gasteiger partial charge in [0.2, 0.25) is 5.82 Å². The molecule has 0 unspecified atom stereocenters. The largest absolute Gasteiger partial charge is 0.494 e. The lowest BCUT2D eigenvalue weighted by atomic mass is 10.2. The summed E-state index contributed by atoms with van der Waals surface area (Å²) in [5.74, 6) is -1.35. The van der Waals surface area contributed by atoms with Crippen LogP contribution in [0.4, 0.5) is 14.5 Å². The fraction of sp³-hybridized carbons (Fsp3) is 0.222. The first-order valence-electron chi connectivity index (χ1n) is 9.43. The minimum Gasteiger partial charge on any atom is -0.494 e. The lowest BCUT2D eigenvalue weighted by Gasteiger charge is -2.06. The molecule has 2 heterocycles. The van der Waals surface area contributed by atoms with Crippen LogP contribution < -0.4 is 20.9 Å². The second-order valence-electron chi connectivity index (χ2n) is 6.64. The van der Waals surface area contributed by atoms with Crippen molar-refractivity contribution in [3.63, 3.8) is 0 Å². The summed E-state index contributed by atoms with van der Waals surface area (Å²) in [6.45, 7) is 0. The van der Waals surface area contributed by atoms with E-state index in [9.17, 15) is 28.5 Å². The molecule has 2 aromatic carbocycles. The third kappa shape index (κ3) is 4.87. The second kappa shape index (κ2) is 9.89. The molecule has 0 saturated carbocycles. The van der Waals surface area contributed by atoms with Crippen molar-refractivity contribution in [1.29, 1.82) is 0 Å². The molecule has 2 aromatic heterocycles. The number of methoxy groups -OCH3 is 2. The van der Waals surface area contributed by atoms with Crippen LogP contribution >= 0.6 is 0 Å². The van der Waals surface area contributed by atoms with Crippen molar-refractivity contribution in [2.24, 2.45) is 14.1 Å². The predicted octanol–water partition coefficient (Wildman–Crippen LogP) is 0.136. The third-order valence-corrected chi connectivity index (χ3v) is 4.49. The van der Waals surface area contributed by atoms with Gasteiger partial charge in [0.05, 0.1) is 19.1 Å². The van der Waals surface area contributed by atoms with Crippen LogP contribution in [0, 0.1) is 21.7 Å². The number of nitro benzene ring substituents is 1. The van der Waals surface area contributed by atoms with Crippen LogP contribution in [0.5, 0.6) is 11.5 Å². The molecule has 0 aliphatic carbocycles. The van der Waals surface area contributed by atoms with Gasteiger partial charge in [0, 0.05) is 32.3 Å². The maximum atomic E-state index is 13.4. The van der Waals surface area contributed by atoms with Gasteiger partial charge in [0.1, 0.15) is 28.7 Å². The summed E-state index contributed by atoms with van der Waals surface area (Å²) in [6.07, 6.45) is 0. The molecule has 0 atom stereocenters. The Balaban J connectivity index is 0.000000198. The summed E-state index contributed by atoms with van der Waals surface area (Å²) in [7, 11) is 5.46. The lowest BCUT2D eigenvalue weighted by molar-refractivity contribution is -0.387. The van der Waals surface area contributed by atoms with Gasteiger partial charge >= 0.3 is 17.1 Å². The van der Waals surface area contributed by atoms with Crippen LogP contribution in [0.1, 0.15) is 0 Å². The first-order valence-corrected chi connectivity index (χ1v) is 9.43. The van der Waals surface area contributed by atoms with E-state index in [-0.39, 0.29) is 17.2 Å². The van der Waals surface area contributed by atoms with E-state index in [1.165, 1.54) is 46.5 Å². The molecule has 0 amide bonds. The number of aromatic nitrogens is 8. The molecule has 0 radical (unpaired) electrons. The van der Waals surface area contributed by atoms with Gasteiger partial charge < -0.3 is 9.47 Å². The summed E-state index contributed by atoms with van der Waals surface area (Å²) in [6, 6.07) is 5.48. The van der Waals surface area contributed by atoms with Gasteiger partial charge in [-0.3, -0.25) is 10.1 Å².